The minimum Gasteiger partial charge on any atom is -0.484 e. The van der Waals surface area contributed by atoms with E-state index in [1.54, 1.807) is 48.5 Å². The van der Waals surface area contributed by atoms with Crippen LogP contribution in [0.15, 0.2) is 102 Å². The van der Waals surface area contributed by atoms with Gasteiger partial charge in [-0.3, -0.25) is 9.10 Å². The topological polar surface area (TPSA) is 75.7 Å². The van der Waals surface area contributed by atoms with Crippen molar-refractivity contribution in [3.05, 3.63) is 120 Å². The molecule has 190 valence electrons. The number of hydrogen-bond acceptors (Lipinski definition) is 4. The van der Waals surface area contributed by atoms with Crippen molar-refractivity contribution in [2.45, 2.75) is 18.4 Å². The van der Waals surface area contributed by atoms with Crippen molar-refractivity contribution in [1.29, 1.82) is 0 Å². The molecule has 0 aliphatic heterocycles. The highest BCUT2D eigenvalue weighted by Crippen LogP contribution is 2.28. The van der Waals surface area contributed by atoms with E-state index >= 15 is 0 Å². The molecule has 4 aromatic carbocycles. The van der Waals surface area contributed by atoms with Crippen LogP contribution in [0.25, 0.3) is 0 Å². The van der Waals surface area contributed by atoms with Crippen molar-refractivity contribution < 1.29 is 26.7 Å². The van der Waals surface area contributed by atoms with Gasteiger partial charge in [-0.15, -0.1) is 0 Å². The first-order chi connectivity index (χ1) is 17.7. The highest BCUT2D eigenvalue weighted by atomic mass is 32.2. The predicted octanol–water partition coefficient (Wildman–Crippen LogP) is 5.69. The quantitative estimate of drug-likeness (QED) is 0.307. The Bertz CT molecular complexity index is 1480. The molecule has 0 bridgehead atoms. The normalized spacial score (nSPS) is 11.1. The fraction of sp³-hybridized carbons (Fsp3) is 0.107. The number of aryl methyl sites for hydroxylation is 1. The molecule has 0 aliphatic rings. The maximum Gasteiger partial charge on any atom is 0.264 e. The number of nitrogens with zero attached hydrogens (tertiary/aromatic N) is 1. The van der Waals surface area contributed by atoms with Gasteiger partial charge in [0, 0.05) is 6.07 Å². The zero-order chi connectivity index (χ0) is 26.4. The Labute approximate surface area is 214 Å². The first-order valence-electron chi connectivity index (χ1n) is 11.3. The number of sulfonamides is 1. The van der Waals surface area contributed by atoms with Crippen molar-refractivity contribution in [1.82, 2.24) is 0 Å². The Hall–Kier alpha value is -4.24. The van der Waals surface area contributed by atoms with Crippen LogP contribution in [-0.4, -0.2) is 20.9 Å². The summed E-state index contributed by atoms with van der Waals surface area (Å²) in [4.78, 5) is 12.3. The zero-order valence-electron chi connectivity index (χ0n) is 19.9. The molecule has 37 heavy (non-hydrogen) atoms. The lowest BCUT2D eigenvalue weighted by Crippen LogP contribution is -2.30. The molecule has 6 nitrogen and oxygen atoms in total. The second-order valence-corrected chi connectivity index (χ2v) is 10.1. The second-order valence-electron chi connectivity index (χ2n) is 8.27. The third-order valence-corrected chi connectivity index (χ3v) is 7.27. The van der Waals surface area contributed by atoms with Crippen molar-refractivity contribution in [2.75, 3.05) is 16.2 Å². The molecule has 0 spiro atoms. The number of nitrogens with one attached hydrogen (secondary N) is 1. The molecule has 4 aromatic rings. The van der Waals surface area contributed by atoms with E-state index in [1.807, 2.05) is 37.3 Å². The fourth-order valence-electron chi connectivity index (χ4n) is 3.54. The molecule has 0 heterocycles. The highest BCUT2D eigenvalue weighted by molar-refractivity contribution is 7.92. The number of amides is 1. The molecule has 9 heteroatoms. The Kier molecular flexibility index (Phi) is 7.83. The largest absolute Gasteiger partial charge is 0.484 e. The summed E-state index contributed by atoms with van der Waals surface area (Å²) in [5.74, 6) is -1.98. The van der Waals surface area contributed by atoms with Crippen molar-refractivity contribution >= 4 is 27.3 Å². The van der Waals surface area contributed by atoms with Crippen molar-refractivity contribution in [2.24, 2.45) is 0 Å². The summed E-state index contributed by atoms with van der Waals surface area (Å²) in [7, 11) is -3.88. The summed E-state index contributed by atoms with van der Waals surface area (Å²) in [6.45, 7) is 1.57. The number of halogens is 2. The molecule has 1 N–H and O–H groups in total. The summed E-state index contributed by atoms with van der Waals surface area (Å²) < 4.78 is 60.7. The molecular weight excluding hydrogens is 498 g/mol. The Morgan fingerprint density at radius 2 is 1.57 bits per heavy atom. The van der Waals surface area contributed by atoms with E-state index < -0.39 is 34.2 Å². The van der Waals surface area contributed by atoms with Gasteiger partial charge in [0.15, 0.2) is 6.61 Å². The maximum absolute atomic E-state index is 13.7. The minimum atomic E-state index is -3.88. The smallest absolute Gasteiger partial charge is 0.264 e. The third kappa shape index (κ3) is 6.50. The number of carbonyl (C=O) groups excluding carboxylic acids is 1. The zero-order valence-corrected chi connectivity index (χ0v) is 20.7. The molecule has 0 saturated heterocycles. The average molecular weight is 523 g/mol. The number of anilines is 2. The summed E-state index contributed by atoms with van der Waals surface area (Å²) in [6, 6.07) is 24.9. The van der Waals surface area contributed by atoms with Gasteiger partial charge in [0.25, 0.3) is 15.9 Å². The summed E-state index contributed by atoms with van der Waals surface area (Å²) in [5.41, 5.74) is 2.00. The SMILES string of the molecule is Cc1ccc(S(=O)(=O)N(Cc2ccccc2)c2ccc(OCC(=O)Nc3ccc(F)cc3F)cc2)cc1. The predicted molar refractivity (Wildman–Crippen MR) is 138 cm³/mol. The van der Waals surface area contributed by atoms with E-state index in [4.69, 9.17) is 4.74 Å². The van der Waals surface area contributed by atoms with E-state index in [0.717, 1.165) is 23.3 Å². The van der Waals surface area contributed by atoms with Crippen LogP contribution in [0, 0.1) is 18.6 Å². The molecule has 0 atom stereocenters. The monoisotopic (exact) mass is 522 g/mol. The molecule has 0 radical (unpaired) electrons. The van der Waals surface area contributed by atoms with Gasteiger partial charge in [0.2, 0.25) is 0 Å². The fourth-order valence-corrected chi connectivity index (χ4v) is 4.99. The lowest BCUT2D eigenvalue weighted by atomic mass is 10.2. The molecule has 0 saturated carbocycles. The van der Waals surface area contributed by atoms with E-state index in [-0.39, 0.29) is 17.1 Å². The van der Waals surface area contributed by atoms with Gasteiger partial charge in [-0.2, -0.15) is 0 Å². The summed E-state index contributed by atoms with van der Waals surface area (Å²) >= 11 is 0. The summed E-state index contributed by atoms with van der Waals surface area (Å²) in [5, 5.41) is 2.31. The highest BCUT2D eigenvalue weighted by Gasteiger charge is 2.25. The van der Waals surface area contributed by atoms with Crippen LogP contribution >= 0.6 is 0 Å². The van der Waals surface area contributed by atoms with Gasteiger partial charge < -0.3 is 10.1 Å². The second kappa shape index (κ2) is 11.2. The molecule has 4 rings (SSSR count). The van der Waals surface area contributed by atoms with Gasteiger partial charge in [0.05, 0.1) is 22.8 Å². The molecule has 0 aliphatic carbocycles. The molecule has 1 amide bonds. The van der Waals surface area contributed by atoms with Gasteiger partial charge in [-0.05, 0) is 61.0 Å². The van der Waals surface area contributed by atoms with Crippen molar-refractivity contribution in [3.63, 3.8) is 0 Å². The van der Waals surface area contributed by atoms with Gasteiger partial charge in [-0.1, -0.05) is 48.0 Å². The van der Waals surface area contributed by atoms with Crippen molar-refractivity contribution in [3.8, 4) is 5.75 Å². The molecule has 0 aromatic heterocycles. The van der Waals surface area contributed by atoms with Crippen LogP contribution in [0.2, 0.25) is 0 Å². The number of rotatable bonds is 9. The van der Waals surface area contributed by atoms with Gasteiger partial charge >= 0.3 is 0 Å². The number of hydrogen-bond donors (Lipinski definition) is 1. The van der Waals surface area contributed by atoms with Gasteiger partial charge in [0.1, 0.15) is 17.4 Å². The van der Waals surface area contributed by atoms with Gasteiger partial charge in [-0.25, -0.2) is 17.2 Å². The Balaban J connectivity index is 1.50. The Morgan fingerprint density at radius 3 is 2.22 bits per heavy atom. The third-order valence-electron chi connectivity index (χ3n) is 5.48. The molecular formula is C28H24F2N2O4S. The van der Waals surface area contributed by atoms with Crippen LogP contribution in [0.1, 0.15) is 11.1 Å². The molecule has 0 fully saturated rings. The summed E-state index contributed by atoms with van der Waals surface area (Å²) in [6.07, 6.45) is 0. The van der Waals surface area contributed by atoms with E-state index in [2.05, 4.69) is 5.32 Å². The van der Waals surface area contributed by atoms with Crippen LogP contribution in [0.5, 0.6) is 5.75 Å². The lowest BCUT2D eigenvalue weighted by Gasteiger charge is -2.25. The lowest BCUT2D eigenvalue weighted by molar-refractivity contribution is -0.118. The van der Waals surface area contributed by atoms with Crippen LogP contribution in [0.3, 0.4) is 0 Å². The first kappa shape index (κ1) is 25.8. The van der Waals surface area contributed by atoms with Crippen LogP contribution in [-0.2, 0) is 21.4 Å². The number of carbonyl (C=O) groups is 1. The maximum atomic E-state index is 13.7. The number of ether oxygens (including phenoxy) is 1. The molecule has 0 unspecified atom stereocenters. The first-order valence-corrected chi connectivity index (χ1v) is 12.8. The van der Waals surface area contributed by atoms with E-state index in [1.165, 1.54) is 4.31 Å². The van der Waals surface area contributed by atoms with Crippen LogP contribution < -0.4 is 14.4 Å². The van der Waals surface area contributed by atoms with E-state index in [9.17, 15) is 22.0 Å². The van der Waals surface area contributed by atoms with Crippen LogP contribution in [0.4, 0.5) is 20.2 Å². The number of benzene rings is 4. The standard InChI is InChI=1S/C28H24F2N2O4S/c1-20-7-14-25(15-8-20)37(34,35)32(18-21-5-3-2-4-6-21)23-10-12-24(13-11-23)36-19-28(33)31-27-16-9-22(29)17-26(27)30/h2-17H,18-19H2,1H3,(H,31,33). The Morgan fingerprint density at radius 1 is 0.892 bits per heavy atom. The minimum absolute atomic E-state index is 0.114. The average Bonchev–Trinajstić information content (AvgIpc) is 2.89. The van der Waals surface area contributed by atoms with E-state index in [0.29, 0.717) is 17.5 Å².